The molecule has 1 aromatic heterocycles. The molecule has 1 heterocycles. The van der Waals surface area contributed by atoms with Crippen LogP contribution in [-0.4, -0.2) is 18.9 Å². The Kier molecular flexibility index (Phi) is 5.23. The zero-order valence-electron chi connectivity index (χ0n) is 14.8. The molecule has 5 heteroatoms. The molecule has 0 radical (unpaired) electrons. The van der Waals surface area contributed by atoms with Gasteiger partial charge in [-0.15, -0.1) is 11.3 Å². The van der Waals surface area contributed by atoms with E-state index in [-0.39, 0.29) is 18.4 Å². The van der Waals surface area contributed by atoms with Crippen LogP contribution < -0.4 is 4.74 Å². The normalized spacial score (nSPS) is 16.2. The summed E-state index contributed by atoms with van der Waals surface area (Å²) in [7, 11) is 1.56. The highest BCUT2D eigenvalue weighted by Gasteiger charge is 2.21. The van der Waals surface area contributed by atoms with Crippen molar-refractivity contribution in [1.29, 1.82) is 0 Å². The molecule has 25 heavy (non-hydrogen) atoms. The van der Waals surface area contributed by atoms with Gasteiger partial charge in [-0.05, 0) is 61.9 Å². The van der Waals surface area contributed by atoms with Crippen LogP contribution in [0, 0.1) is 5.92 Å². The van der Waals surface area contributed by atoms with E-state index in [0.29, 0.717) is 27.7 Å². The molecule has 0 bridgehead atoms. The summed E-state index contributed by atoms with van der Waals surface area (Å²) in [5.41, 5.74) is 2.55. The second-order valence-corrected chi connectivity index (χ2v) is 7.70. The molecule has 0 aliphatic heterocycles. The molecule has 0 fully saturated rings. The van der Waals surface area contributed by atoms with Crippen molar-refractivity contribution >= 4 is 23.1 Å². The highest BCUT2D eigenvalue weighted by molar-refractivity contribution is 7.14. The van der Waals surface area contributed by atoms with Crippen molar-refractivity contribution in [2.45, 2.75) is 39.7 Å². The van der Waals surface area contributed by atoms with Crippen molar-refractivity contribution in [3.05, 3.63) is 50.7 Å². The van der Waals surface area contributed by atoms with Gasteiger partial charge in [-0.25, -0.2) is 4.79 Å². The van der Waals surface area contributed by atoms with Gasteiger partial charge in [0.2, 0.25) is 0 Å². The molecular weight excluding hydrogens is 336 g/mol. The number of hydrogen-bond donors (Lipinski definition) is 0. The average molecular weight is 358 g/mol. The quantitative estimate of drug-likeness (QED) is 0.586. The van der Waals surface area contributed by atoms with E-state index in [0.717, 1.165) is 12.8 Å². The average Bonchev–Trinajstić information content (AvgIpc) is 3.02. The molecular formula is C20H22O4S. The molecule has 0 amide bonds. The van der Waals surface area contributed by atoms with Crippen molar-refractivity contribution in [2.24, 2.45) is 5.92 Å². The molecule has 1 atom stereocenters. The SMILES string of the molecule is COc1ccc(C(C)=O)cc1COC(=O)c1cc2c(s1)CC[C@H](C)C2. The standard InChI is InChI=1S/C20H22O4S/c1-12-4-7-18-15(8-12)10-19(25-18)20(22)24-11-16-9-14(13(2)21)5-6-17(16)23-3/h5-6,9-10,12H,4,7-8,11H2,1-3H3/t12-/m0/s1. The Balaban J connectivity index is 1.72. The Morgan fingerprint density at radius 1 is 1.28 bits per heavy atom. The van der Waals surface area contributed by atoms with Gasteiger partial charge < -0.3 is 9.47 Å². The Labute approximate surface area is 151 Å². The van der Waals surface area contributed by atoms with Gasteiger partial charge >= 0.3 is 5.97 Å². The number of ketones is 1. The lowest BCUT2D eigenvalue weighted by Crippen LogP contribution is -2.08. The Bertz CT molecular complexity index is 806. The van der Waals surface area contributed by atoms with Gasteiger partial charge in [-0.2, -0.15) is 0 Å². The number of ether oxygens (including phenoxy) is 2. The van der Waals surface area contributed by atoms with Gasteiger partial charge in [0.25, 0.3) is 0 Å². The van der Waals surface area contributed by atoms with Gasteiger partial charge in [0.1, 0.15) is 17.2 Å². The zero-order chi connectivity index (χ0) is 18.0. The van der Waals surface area contributed by atoms with Crippen molar-refractivity contribution < 1.29 is 19.1 Å². The smallest absolute Gasteiger partial charge is 0.348 e. The summed E-state index contributed by atoms with van der Waals surface area (Å²) < 4.78 is 10.8. The molecule has 0 unspecified atom stereocenters. The number of carbonyl (C=O) groups is 2. The lowest BCUT2D eigenvalue weighted by atomic mass is 9.90. The molecule has 1 aromatic carbocycles. The predicted octanol–water partition coefficient (Wildman–Crippen LogP) is 4.44. The first-order valence-corrected chi connectivity index (χ1v) is 9.26. The summed E-state index contributed by atoms with van der Waals surface area (Å²) >= 11 is 1.54. The van der Waals surface area contributed by atoms with Gasteiger partial charge in [-0.1, -0.05) is 6.92 Å². The van der Waals surface area contributed by atoms with Gasteiger partial charge in [0.15, 0.2) is 5.78 Å². The van der Waals surface area contributed by atoms with Gasteiger partial charge in [0.05, 0.1) is 7.11 Å². The number of methoxy groups -OCH3 is 1. The maximum absolute atomic E-state index is 12.4. The van der Waals surface area contributed by atoms with Crippen LogP contribution in [0.2, 0.25) is 0 Å². The number of benzene rings is 1. The number of thiophene rings is 1. The summed E-state index contributed by atoms with van der Waals surface area (Å²) in [6.07, 6.45) is 3.26. The van der Waals surface area contributed by atoms with Crippen LogP contribution in [-0.2, 0) is 24.2 Å². The van der Waals surface area contributed by atoms with E-state index < -0.39 is 0 Å². The summed E-state index contributed by atoms with van der Waals surface area (Å²) in [5.74, 6) is 0.930. The second kappa shape index (κ2) is 7.40. The maximum Gasteiger partial charge on any atom is 0.348 e. The van der Waals surface area contributed by atoms with Crippen LogP contribution in [0.5, 0.6) is 5.75 Å². The number of aryl methyl sites for hydroxylation is 1. The fourth-order valence-corrected chi connectivity index (χ4v) is 4.23. The molecule has 0 saturated heterocycles. The molecule has 132 valence electrons. The number of rotatable bonds is 5. The lowest BCUT2D eigenvalue weighted by Gasteiger charge is -2.16. The first kappa shape index (κ1) is 17.7. The van der Waals surface area contributed by atoms with Crippen LogP contribution in [0.15, 0.2) is 24.3 Å². The number of carbonyl (C=O) groups excluding carboxylic acids is 2. The Morgan fingerprint density at radius 3 is 2.80 bits per heavy atom. The number of hydrogen-bond acceptors (Lipinski definition) is 5. The number of esters is 1. The van der Waals surface area contributed by atoms with Crippen LogP contribution in [0.25, 0.3) is 0 Å². The van der Waals surface area contributed by atoms with E-state index in [2.05, 4.69) is 6.92 Å². The van der Waals surface area contributed by atoms with Crippen molar-refractivity contribution in [3.63, 3.8) is 0 Å². The Morgan fingerprint density at radius 2 is 2.08 bits per heavy atom. The van der Waals surface area contributed by atoms with Crippen LogP contribution in [0.1, 0.15) is 56.3 Å². The maximum atomic E-state index is 12.4. The van der Waals surface area contributed by atoms with E-state index >= 15 is 0 Å². The third kappa shape index (κ3) is 3.93. The third-order valence-corrected chi connectivity index (χ3v) is 5.79. The fraction of sp³-hybridized carbons (Fsp3) is 0.400. The zero-order valence-corrected chi connectivity index (χ0v) is 15.6. The predicted molar refractivity (Wildman–Crippen MR) is 97.6 cm³/mol. The van der Waals surface area contributed by atoms with Crippen molar-refractivity contribution in [2.75, 3.05) is 7.11 Å². The van der Waals surface area contributed by atoms with Crippen LogP contribution in [0.4, 0.5) is 0 Å². The lowest BCUT2D eigenvalue weighted by molar-refractivity contribution is 0.0476. The molecule has 0 spiro atoms. The number of Topliss-reactive ketones (excluding diaryl/α,β-unsaturated/α-hetero) is 1. The minimum Gasteiger partial charge on any atom is -0.496 e. The highest BCUT2D eigenvalue weighted by atomic mass is 32.1. The number of fused-ring (bicyclic) bond motifs is 1. The summed E-state index contributed by atoms with van der Waals surface area (Å²) in [6, 6.07) is 7.13. The first-order valence-electron chi connectivity index (χ1n) is 8.44. The Hall–Kier alpha value is -2.14. The third-order valence-electron chi connectivity index (χ3n) is 4.58. The van der Waals surface area contributed by atoms with E-state index in [9.17, 15) is 9.59 Å². The molecule has 3 rings (SSSR count). The van der Waals surface area contributed by atoms with Gasteiger partial charge in [0, 0.05) is 16.0 Å². The van der Waals surface area contributed by atoms with E-state index in [4.69, 9.17) is 9.47 Å². The monoisotopic (exact) mass is 358 g/mol. The molecule has 1 aliphatic carbocycles. The summed E-state index contributed by atoms with van der Waals surface area (Å²) in [4.78, 5) is 25.9. The minimum absolute atomic E-state index is 0.0321. The van der Waals surface area contributed by atoms with Crippen molar-refractivity contribution in [3.8, 4) is 5.75 Å². The van der Waals surface area contributed by atoms with Crippen LogP contribution in [0.3, 0.4) is 0 Å². The first-order chi connectivity index (χ1) is 12.0. The highest BCUT2D eigenvalue weighted by Crippen LogP contribution is 2.32. The minimum atomic E-state index is -0.317. The largest absolute Gasteiger partial charge is 0.496 e. The van der Waals surface area contributed by atoms with Crippen LogP contribution >= 0.6 is 11.3 Å². The van der Waals surface area contributed by atoms with E-state index in [1.165, 1.54) is 35.1 Å². The van der Waals surface area contributed by atoms with Crippen molar-refractivity contribution in [1.82, 2.24) is 0 Å². The molecule has 2 aromatic rings. The summed E-state index contributed by atoms with van der Waals surface area (Å²) in [5, 5.41) is 0. The molecule has 4 nitrogen and oxygen atoms in total. The molecule has 0 saturated carbocycles. The fourth-order valence-electron chi connectivity index (χ4n) is 3.13. The molecule has 1 aliphatic rings. The van der Waals surface area contributed by atoms with E-state index in [1.807, 2.05) is 6.07 Å². The summed E-state index contributed by atoms with van der Waals surface area (Å²) in [6.45, 7) is 3.84. The second-order valence-electron chi connectivity index (χ2n) is 6.57. The molecule has 0 N–H and O–H groups in total. The topological polar surface area (TPSA) is 52.6 Å². The van der Waals surface area contributed by atoms with Gasteiger partial charge in [-0.3, -0.25) is 4.79 Å². The van der Waals surface area contributed by atoms with E-state index in [1.54, 1.807) is 25.3 Å².